The Morgan fingerprint density at radius 1 is 1.28 bits per heavy atom. The molecule has 6 heteroatoms. The van der Waals surface area contributed by atoms with Crippen LogP contribution in [-0.4, -0.2) is 38.3 Å². The molecule has 2 amide bonds. The first kappa shape index (κ1) is 13.9. The monoisotopic (exact) mass is 249 g/mol. The van der Waals surface area contributed by atoms with E-state index >= 15 is 0 Å². The number of amides is 2. The number of hydrazone groups is 1. The average molecular weight is 249 g/mol. The zero-order chi connectivity index (χ0) is 13.2. The topological polar surface area (TPSA) is 79.8 Å². The van der Waals surface area contributed by atoms with Gasteiger partial charge >= 0.3 is 11.8 Å². The fourth-order valence-corrected chi connectivity index (χ4v) is 1.10. The van der Waals surface area contributed by atoms with Crippen molar-refractivity contribution in [2.75, 3.05) is 20.3 Å². The van der Waals surface area contributed by atoms with E-state index < -0.39 is 11.8 Å². The Morgan fingerprint density at radius 3 is 2.67 bits per heavy atom. The van der Waals surface area contributed by atoms with Crippen LogP contribution in [0.25, 0.3) is 0 Å². The van der Waals surface area contributed by atoms with Crippen molar-refractivity contribution in [3.63, 3.8) is 0 Å². The van der Waals surface area contributed by atoms with Crippen LogP contribution in [0.1, 0.15) is 5.56 Å². The van der Waals surface area contributed by atoms with Crippen LogP contribution in [-0.2, 0) is 14.3 Å². The molecular weight excluding hydrogens is 234 g/mol. The molecule has 0 aliphatic carbocycles. The molecule has 0 fully saturated rings. The van der Waals surface area contributed by atoms with Gasteiger partial charge in [-0.1, -0.05) is 30.3 Å². The lowest BCUT2D eigenvalue weighted by Crippen LogP contribution is -2.39. The highest BCUT2D eigenvalue weighted by atomic mass is 16.5. The van der Waals surface area contributed by atoms with Gasteiger partial charge in [-0.15, -0.1) is 0 Å². The molecule has 18 heavy (non-hydrogen) atoms. The number of methoxy groups -OCH3 is 1. The molecule has 96 valence electrons. The molecule has 6 nitrogen and oxygen atoms in total. The van der Waals surface area contributed by atoms with Gasteiger partial charge in [0.05, 0.1) is 12.8 Å². The molecular formula is C12H15N3O3. The van der Waals surface area contributed by atoms with E-state index in [1.54, 1.807) is 0 Å². The van der Waals surface area contributed by atoms with Crippen LogP contribution in [0.4, 0.5) is 0 Å². The van der Waals surface area contributed by atoms with Crippen LogP contribution in [0.3, 0.4) is 0 Å². The summed E-state index contributed by atoms with van der Waals surface area (Å²) in [4.78, 5) is 22.5. The first-order valence-electron chi connectivity index (χ1n) is 5.39. The summed E-state index contributed by atoms with van der Waals surface area (Å²) in [6.45, 7) is 0.636. The van der Waals surface area contributed by atoms with Crippen LogP contribution in [0.15, 0.2) is 35.4 Å². The van der Waals surface area contributed by atoms with Crippen molar-refractivity contribution in [3.05, 3.63) is 35.9 Å². The minimum Gasteiger partial charge on any atom is -0.383 e. The van der Waals surface area contributed by atoms with Crippen LogP contribution >= 0.6 is 0 Å². The third-order valence-electron chi connectivity index (χ3n) is 1.98. The van der Waals surface area contributed by atoms with Gasteiger partial charge in [-0.2, -0.15) is 5.10 Å². The Balaban J connectivity index is 2.32. The molecule has 0 aliphatic heterocycles. The lowest BCUT2D eigenvalue weighted by Gasteiger charge is -2.02. The third-order valence-corrected chi connectivity index (χ3v) is 1.98. The maximum atomic E-state index is 11.2. The van der Waals surface area contributed by atoms with Gasteiger partial charge in [0.15, 0.2) is 0 Å². The summed E-state index contributed by atoms with van der Waals surface area (Å²) in [7, 11) is 1.51. The second-order valence-electron chi connectivity index (χ2n) is 3.36. The van der Waals surface area contributed by atoms with Gasteiger partial charge in [0, 0.05) is 13.7 Å². The molecule has 0 unspecified atom stereocenters. The molecule has 0 spiro atoms. The minimum absolute atomic E-state index is 0.283. The van der Waals surface area contributed by atoms with E-state index in [9.17, 15) is 9.59 Å². The average Bonchev–Trinajstić information content (AvgIpc) is 2.40. The number of hydrogen-bond acceptors (Lipinski definition) is 4. The lowest BCUT2D eigenvalue weighted by atomic mass is 10.2. The van der Waals surface area contributed by atoms with E-state index in [4.69, 9.17) is 4.74 Å². The highest BCUT2D eigenvalue weighted by Gasteiger charge is 2.10. The van der Waals surface area contributed by atoms with E-state index in [0.717, 1.165) is 5.56 Å². The Hall–Kier alpha value is -2.21. The van der Waals surface area contributed by atoms with Crippen LogP contribution in [0.5, 0.6) is 0 Å². The summed E-state index contributed by atoms with van der Waals surface area (Å²) in [5, 5.41) is 6.06. The molecule has 1 aromatic rings. The smallest absolute Gasteiger partial charge is 0.329 e. The van der Waals surface area contributed by atoms with E-state index in [2.05, 4.69) is 15.8 Å². The minimum atomic E-state index is -0.807. The number of carbonyl (C=O) groups is 2. The van der Waals surface area contributed by atoms with Crippen LogP contribution in [0.2, 0.25) is 0 Å². The van der Waals surface area contributed by atoms with Crippen LogP contribution < -0.4 is 10.7 Å². The Morgan fingerprint density at radius 2 is 2.00 bits per heavy atom. The number of hydrogen-bond donors (Lipinski definition) is 2. The van der Waals surface area contributed by atoms with Crippen molar-refractivity contribution in [2.45, 2.75) is 0 Å². The Bertz CT molecular complexity index is 418. The molecule has 0 aliphatic rings. The maximum Gasteiger partial charge on any atom is 0.329 e. The standard InChI is InChI=1S/C12H15N3O3/c1-18-8-7-13-11(16)12(17)15-14-9-10-5-3-2-4-6-10/h2-6,9H,7-8H2,1H3,(H,13,16)(H,15,17)/b14-9-. The molecule has 0 saturated carbocycles. The Kier molecular flexibility index (Phi) is 6.13. The zero-order valence-corrected chi connectivity index (χ0v) is 10.1. The fraction of sp³-hybridized carbons (Fsp3) is 0.250. The molecule has 0 heterocycles. The van der Waals surface area contributed by atoms with E-state index in [1.165, 1.54) is 13.3 Å². The number of rotatable bonds is 5. The third kappa shape index (κ3) is 5.22. The molecule has 1 aromatic carbocycles. The number of nitrogens with one attached hydrogen (secondary N) is 2. The van der Waals surface area contributed by atoms with Crippen molar-refractivity contribution < 1.29 is 14.3 Å². The summed E-state index contributed by atoms with van der Waals surface area (Å²) in [5.74, 6) is -1.55. The predicted octanol–water partition coefficient (Wildman–Crippen LogP) is -0.101. The molecule has 0 atom stereocenters. The number of ether oxygens (including phenoxy) is 1. The van der Waals surface area contributed by atoms with Gasteiger partial charge in [0.2, 0.25) is 0 Å². The second-order valence-corrected chi connectivity index (χ2v) is 3.36. The van der Waals surface area contributed by atoms with Gasteiger partial charge < -0.3 is 10.1 Å². The Labute approximate surface area is 105 Å². The van der Waals surface area contributed by atoms with Gasteiger partial charge in [-0.05, 0) is 5.56 Å². The SMILES string of the molecule is COCCNC(=O)C(=O)N/N=C\c1ccccc1. The van der Waals surface area contributed by atoms with Crippen molar-refractivity contribution in [2.24, 2.45) is 5.10 Å². The van der Waals surface area contributed by atoms with E-state index in [-0.39, 0.29) is 6.54 Å². The quantitative estimate of drug-likeness (QED) is 0.331. The number of carbonyl (C=O) groups excluding carboxylic acids is 2. The highest BCUT2D eigenvalue weighted by Crippen LogP contribution is 1.92. The maximum absolute atomic E-state index is 11.2. The molecule has 0 bridgehead atoms. The van der Waals surface area contributed by atoms with Crippen molar-refractivity contribution in [3.8, 4) is 0 Å². The summed E-state index contributed by atoms with van der Waals surface area (Å²) in [6, 6.07) is 9.23. The number of benzene rings is 1. The first-order valence-corrected chi connectivity index (χ1v) is 5.39. The molecule has 0 aromatic heterocycles. The molecule has 0 saturated heterocycles. The molecule has 2 N–H and O–H groups in total. The van der Waals surface area contributed by atoms with Crippen molar-refractivity contribution >= 4 is 18.0 Å². The predicted molar refractivity (Wildman–Crippen MR) is 67.1 cm³/mol. The first-order chi connectivity index (χ1) is 8.74. The summed E-state index contributed by atoms with van der Waals surface area (Å²) in [5.41, 5.74) is 2.97. The lowest BCUT2D eigenvalue weighted by molar-refractivity contribution is -0.139. The fourth-order valence-electron chi connectivity index (χ4n) is 1.10. The van der Waals surface area contributed by atoms with Gasteiger partial charge in [0.1, 0.15) is 0 Å². The highest BCUT2D eigenvalue weighted by molar-refractivity contribution is 6.35. The van der Waals surface area contributed by atoms with Crippen molar-refractivity contribution in [1.82, 2.24) is 10.7 Å². The normalized spacial score (nSPS) is 10.3. The summed E-state index contributed by atoms with van der Waals surface area (Å²) < 4.78 is 4.73. The van der Waals surface area contributed by atoms with Crippen LogP contribution in [0, 0.1) is 0 Å². The van der Waals surface area contributed by atoms with Gasteiger partial charge in [-0.25, -0.2) is 5.43 Å². The largest absolute Gasteiger partial charge is 0.383 e. The van der Waals surface area contributed by atoms with Gasteiger partial charge in [0.25, 0.3) is 0 Å². The number of nitrogens with zero attached hydrogens (tertiary/aromatic N) is 1. The van der Waals surface area contributed by atoms with E-state index in [0.29, 0.717) is 6.61 Å². The summed E-state index contributed by atoms with van der Waals surface area (Å²) >= 11 is 0. The molecule has 0 radical (unpaired) electrons. The van der Waals surface area contributed by atoms with E-state index in [1.807, 2.05) is 30.3 Å². The second kappa shape index (κ2) is 7.97. The summed E-state index contributed by atoms with van der Waals surface area (Å²) in [6.07, 6.45) is 1.46. The molecule has 1 rings (SSSR count). The van der Waals surface area contributed by atoms with Crippen molar-refractivity contribution in [1.29, 1.82) is 0 Å². The van der Waals surface area contributed by atoms with Gasteiger partial charge in [-0.3, -0.25) is 9.59 Å². The zero-order valence-electron chi connectivity index (χ0n) is 10.1.